The maximum Gasteiger partial charge on any atom is 0.424 e. The van der Waals surface area contributed by atoms with Gasteiger partial charge in [0.1, 0.15) is 17.3 Å². The van der Waals surface area contributed by atoms with Gasteiger partial charge in [-0.1, -0.05) is 68.2 Å². The molecule has 4 rings (SSSR count). The van der Waals surface area contributed by atoms with Gasteiger partial charge in [-0.25, -0.2) is 9.97 Å². The number of allylic oxidation sites excluding steroid dienone is 8. The fraction of sp³-hybridized carbons (Fsp3) is 0.452. The zero-order valence-electron chi connectivity index (χ0n) is 23.6. The van der Waals surface area contributed by atoms with Gasteiger partial charge in [-0.05, 0) is 32.8 Å². The van der Waals surface area contributed by atoms with Crippen molar-refractivity contribution in [1.82, 2.24) is 20.3 Å². The second-order valence-corrected chi connectivity index (χ2v) is 11.0. The van der Waals surface area contributed by atoms with E-state index in [9.17, 15) is 23.1 Å². The van der Waals surface area contributed by atoms with Crippen LogP contribution in [0.3, 0.4) is 0 Å². The van der Waals surface area contributed by atoms with Gasteiger partial charge in [0.05, 0.1) is 24.8 Å². The van der Waals surface area contributed by atoms with Crippen molar-refractivity contribution in [2.24, 2.45) is 5.92 Å². The Hall–Kier alpha value is -3.66. The van der Waals surface area contributed by atoms with Gasteiger partial charge in [0.25, 0.3) is 0 Å². The molecule has 10 heteroatoms. The molecule has 0 aliphatic heterocycles. The van der Waals surface area contributed by atoms with Gasteiger partial charge < -0.3 is 20.1 Å². The molecule has 1 unspecified atom stereocenters. The molecule has 2 aromatic rings. The van der Waals surface area contributed by atoms with E-state index in [2.05, 4.69) is 20.3 Å². The number of carbonyl (C=O) groups excluding carboxylic acids is 1. The summed E-state index contributed by atoms with van der Waals surface area (Å²) in [5.74, 6) is -0.132. The molecule has 0 aromatic carbocycles. The number of amides is 1. The molecule has 2 aliphatic carbocycles. The summed E-state index contributed by atoms with van der Waals surface area (Å²) in [6.45, 7) is 2.52. The zero-order valence-corrected chi connectivity index (χ0v) is 23.6. The predicted octanol–water partition coefficient (Wildman–Crippen LogP) is 6.04. The van der Waals surface area contributed by atoms with Crippen LogP contribution >= 0.6 is 0 Å². The van der Waals surface area contributed by atoms with Gasteiger partial charge in [-0.15, -0.1) is 0 Å². The summed E-state index contributed by atoms with van der Waals surface area (Å²) < 4.78 is 50.1. The number of H-pyrrole nitrogens is 1. The summed E-state index contributed by atoms with van der Waals surface area (Å²) in [4.78, 5) is 24.7. The van der Waals surface area contributed by atoms with Crippen LogP contribution in [0.15, 0.2) is 61.0 Å². The van der Waals surface area contributed by atoms with Gasteiger partial charge in [0.15, 0.2) is 0 Å². The van der Waals surface area contributed by atoms with Crippen molar-refractivity contribution in [3.05, 3.63) is 83.8 Å². The molecule has 0 spiro atoms. The molecule has 0 saturated heterocycles. The van der Waals surface area contributed by atoms with Crippen molar-refractivity contribution in [2.45, 2.75) is 69.6 Å². The molecule has 1 fully saturated rings. The number of nitrogens with one attached hydrogen (secondary N) is 2. The van der Waals surface area contributed by atoms with Crippen molar-refractivity contribution in [3.8, 4) is 5.75 Å². The number of hydrogen-bond acceptors (Lipinski definition) is 5. The van der Waals surface area contributed by atoms with Gasteiger partial charge in [0, 0.05) is 29.4 Å². The first kappa shape index (κ1) is 30.3. The van der Waals surface area contributed by atoms with Crippen LogP contribution in [0.5, 0.6) is 5.75 Å². The molecule has 7 nitrogen and oxygen atoms in total. The maximum atomic E-state index is 14.8. The van der Waals surface area contributed by atoms with E-state index in [1.807, 2.05) is 6.08 Å². The monoisotopic (exact) mass is 570 g/mol. The van der Waals surface area contributed by atoms with E-state index in [4.69, 9.17) is 4.74 Å². The van der Waals surface area contributed by atoms with Gasteiger partial charge in [-0.3, -0.25) is 4.79 Å². The topological polar surface area (TPSA) is 100 Å². The van der Waals surface area contributed by atoms with E-state index >= 15 is 0 Å². The lowest BCUT2D eigenvalue weighted by Gasteiger charge is -2.34. The number of aromatic nitrogens is 3. The van der Waals surface area contributed by atoms with Crippen molar-refractivity contribution in [2.75, 3.05) is 13.7 Å². The van der Waals surface area contributed by atoms with Crippen LogP contribution in [0, 0.1) is 5.92 Å². The molecule has 0 bridgehead atoms. The van der Waals surface area contributed by atoms with E-state index in [0.717, 1.165) is 25.7 Å². The number of aromatic amines is 1. The molecule has 41 heavy (non-hydrogen) atoms. The fourth-order valence-corrected chi connectivity index (χ4v) is 5.31. The number of methoxy groups -OCH3 is 1. The zero-order chi connectivity index (χ0) is 29.7. The molecule has 220 valence electrons. The predicted molar refractivity (Wildman–Crippen MR) is 151 cm³/mol. The Bertz CT molecular complexity index is 1340. The number of halogens is 3. The minimum Gasteiger partial charge on any atom is -0.494 e. The number of hydrogen-bond donors (Lipinski definition) is 3. The molecule has 3 N–H and O–H groups in total. The lowest BCUT2D eigenvalue weighted by Crippen LogP contribution is -2.52. The molecule has 1 atom stereocenters. The molecular weight excluding hydrogens is 533 g/mol. The molecule has 0 radical (unpaired) electrons. The number of ether oxygens (including phenoxy) is 1. The molecule has 2 aromatic heterocycles. The largest absolute Gasteiger partial charge is 0.494 e. The van der Waals surface area contributed by atoms with Gasteiger partial charge in [-0.2, -0.15) is 13.2 Å². The van der Waals surface area contributed by atoms with E-state index in [1.54, 1.807) is 62.7 Å². The summed E-state index contributed by atoms with van der Waals surface area (Å²) in [6.07, 6.45) is 15.2. The molecule has 1 amide bonds. The van der Waals surface area contributed by atoms with Crippen LogP contribution < -0.4 is 10.1 Å². The average Bonchev–Trinajstić information content (AvgIpc) is 3.34. The van der Waals surface area contributed by atoms with Crippen LogP contribution in [0.2, 0.25) is 0 Å². The third kappa shape index (κ3) is 6.48. The third-order valence-corrected chi connectivity index (χ3v) is 7.85. The Balaban J connectivity index is 1.87. The fourth-order valence-electron chi connectivity index (χ4n) is 5.31. The van der Waals surface area contributed by atoms with E-state index in [-0.39, 0.29) is 17.4 Å². The first-order chi connectivity index (χ1) is 19.5. The van der Waals surface area contributed by atoms with Crippen LogP contribution in [-0.2, 0) is 15.8 Å². The Morgan fingerprint density at radius 1 is 1.10 bits per heavy atom. The lowest BCUT2D eigenvalue weighted by molar-refractivity contribution is -0.265. The molecule has 2 heterocycles. The van der Waals surface area contributed by atoms with Crippen molar-refractivity contribution in [3.63, 3.8) is 0 Å². The Kier molecular flexibility index (Phi) is 9.21. The Morgan fingerprint density at radius 2 is 1.78 bits per heavy atom. The van der Waals surface area contributed by atoms with E-state index in [1.165, 1.54) is 13.2 Å². The molecule has 1 saturated carbocycles. The highest BCUT2D eigenvalue weighted by molar-refractivity contribution is 5.79. The first-order valence-electron chi connectivity index (χ1n) is 13.9. The van der Waals surface area contributed by atoms with Gasteiger partial charge in [0.2, 0.25) is 11.5 Å². The number of aliphatic hydroxyl groups is 1. The Morgan fingerprint density at radius 3 is 2.41 bits per heavy atom. The van der Waals surface area contributed by atoms with Crippen LogP contribution in [0.1, 0.15) is 75.1 Å². The quantitative estimate of drug-likeness (QED) is 0.336. The summed E-state index contributed by atoms with van der Waals surface area (Å²) in [6, 6.07) is 1.21. The second-order valence-electron chi connectivity index (χ2n) is 11.0. The summed E-state index contributed by atoms with van der Waals surface area (Å²) in [5, 5.41) is 13.8. The smallest absolute Gasteiger partial charge is 0.424 e. The highest BCUT2D eigenvalue weighted by Gasteiger charge is 2.57. The standard InChI is InChI=1S/C31H37F3N4O3/c1-29(2,28-35-17-18-36-28)23-19-24(38-25(26(23)41-3)21-13-9-5-4-6-10-14-21)30(40,31(32,33)34)20-37-27(39)22-15-11-7-8-12-16-22/h4-6,9-10,13-14,17-19,22,40H,7-8,11-12,15-16,20H2,1-3H3,(H,35,36)(H,37,39)/b5-4-,6-4?,9-5?,10-6-,13-9?,14-10?,21-13?,21-14?. The average molecular weight is 571 g/mol. The van der Waals surface area contributed by atoms with Crippen LogP contribution in [0.25, 0.3) is 5.57 Å². The van der Waals surface area contributed by atoms with Crippen LogP contribution in [-0.4, -0.2) is 45.8 Å². The first-order valence-corrected chi connectivity index (χ1v) is 13.9. The second kappa shape index (κ2) is 12.5. The van der Waals surface area contributed by atoms with Crippen molar-refractivity contribution >= 4 is 11.5 Å². The lowest BCUT2D eigenvalue weighted by atomic mass is 9.80. The maximum absolute atomic E-state index is 14.8. The molecule has 2 aliphatic rings. The normalized spacial score (nSPS) is 19.7. The molecular formula is C31H37F3N4O3. The number of nitrogens with zero attached hydrogens (tertiary/aromatic N) is 2. The summed E-state index contributed by atoms with van der Waals surface area (Å²) >= 11 is 0. The highest BCUT2D eigenvalue weighted by Crippen LogP contribution is 2.45. The van der Waals surface area contributed by atoms with Crippen LogP contribution in [0.4, 0.5) is 13.2 Å². The summed E-state index contributed by atoms with van der Waals surface area (Å²) in [7, 11) is 1.42. The number of alkyl halides is 3. The van der Waals surface area contributed by atoms with Gasteiger partial charge >= 0.3 is 6.18 Å². The number of rotatable bonds is 8. The minimum absolute atomic E-state index is 0.119. The Labute approximate surface area is 238 Å². The highest BCUT2D eigenvalue weighted by atomic mass is 19.4. The minimum atomic E-state index is -5.15. The van der Waals surface area contributed by atoms with E-state index < -0.39 is 35.3 Å². The van der Waals surface area contributed by atoms with E-state index in [0.29, 0.717) is 29.8 Å². The SMILES string of the molecule is COc1c(C(C)(C)c2ncc[nH]2)cc(C(O)(CNC(=O)C2CCCCCC2)C(F)(F)F)nc1C1=C/C=C\C=C/C=C1. The number of pyridine rings is 1. The van der Waals surface area contributed by atoms with Crippen molar-refractivity contribution < 1.29 is 27.8 Å². The third-order valence-electron chi connectivity index (χ3n) is 7.85. The number of imidazole rings is 1. The number of carbonyl (C=O) groups is 1. The van der Waals surface area contributed by atoms with Crippen molar-refractivity contribution in [1.29, 1.82) is 0 Å². The summed E-state index contributed by atoms with van der Waals surface area (Å²) in [5.41, 5.74) is -4.15.